The van der Waals surface area contributed by atoms with Crippen LogP contribution in [0.4, 0.5) is 10.5 Å². The summed E-state index contributed by atoms with van der Waals surface area (Å²) >= 11 is 0. The van der Waals surface area contributed by atoms with Crippen molar-refractivity contribution in [2.24, 2.45) is 5.92 Å². The topological polar surface area (TPSA) is 79.0 Å². The van der Waals surface area contributed by atoms with Crippen LogP contribution < -0.4 is 10.2 Å². The van der Waals surface area contributed by atoms with Gasteiger partial charge in [-0.2, -0.15) is 0 Å². The number of carbonyl (C=O) groups is 3. The fourth-order valence-corrected chi connectivity index (χ4v) is 3.41. The number of carbonyl (C=O) groups excluding carboxylic acids is 3. The third-order valence-corrected chi connectivity index (χ3v) is 4.84. The number of urea groups is 1. The van der Waals surface area contributed by atoms with Gasteiger partial charge in [-0.05, 0) is 25.0 Å². The summed E-state index contributed by atoms with van der Waals surface area (Å²) in [6, 6.07) is 9.09. The van der Waals surface area contributed by atoms with Crippen LogP contribution in [0.3, 0.4) is 0 Å². The van der Waals surface area contributed by atoms with Gasteiger partial charge < -0.3 is 19.9 Å². The SMILES string of the molecule is COC(=O)C1CCN(C(=O)NC2CC(=O)N(c3ccccc3)C2)CC1. The van der Waals surface area contributed by atoms with E-state index in [2.05, 4.69) is 5.32 Å². The number of amides is 3. The van der Waals surface area contributed by atoms with Crippen LogP contribution in [-0.4, -0.2) is 55.6 Å². The van der Waals surface area contributed by atoms with Crippen molar-refractivity contribution in [2.75, 3.05) is 31.6 Å². The number of likely N-dealkylation sites (tertiary alicyclic amines) is 1. The van der Waals surface area contributed by atoms with E-state index in [-0.39, 0.29) is 29.9 Å². The predicted molar refractivity (Wildman–Crippen MR) is 92.0 cm³/mol. The Morgan fingerprint density at radius 2 is 1.84 bits per heavy atom. The molecule has 0 bridgehead atoms. The highest BCUT2D eigenvalue weighted by atomic mass is 16.5. The lowest BCUT2D eigenvalue weighted by molar-refractivity contribution is -0.146. The summed E-state index contributed by atoms with van der Waals surface area (Å²) in [5.74, 6) is -0.323. The maximum atomic E-state index is 12.4. The van der Waals surface area contributed by atoms with Gasteiger partial charge in [0.15, 0.2) is 0 Å². The Labute approximate surface area is 146 Å². The predicted octanol–water partition coefficient (Wildman–Crippen LogP) is 1.39. The third-order valence-electron chi connectivity index (χ3n) is 4.84. The van der Waals surface area contributed by atoms with Gasteiger partial charge in [0.25, 0.3) is 0 Å². The molecule has 1 N–H and O–H groups in total. The average Bonchev–Trinajstić information content (AvgIpc) is 3.02. The Morgan fingerprint density at radius 3 is 2.48 bits per heavy atom. The first-order valence-corrected chi connectivity index (χ1v) is 8.57. The molecule has 2 saturated heterocycles. The molecule has 2 fully saturated rings. The number of ether oxygens (including phenoxy) is 1. The summed E-state index contributed by atoms with van der Waals surface area (Å²) in [6.07, 6.45) is 1.53. The van der Waals surface area contributed by atoms with Gasteiger partial charge in [0.1, 0.15) is 0 Å². The summed E-state index contributed by atoms with van der Waals surface area (Å²) in [6.45, 7) is 1.52. The number of hydrogen-bond donors (Lipinski definition) is 1. The molecule has 0 aliphatic carbocycles. The van der Waals surface area contributed by atoms with Crippen LogP contribution in [0.5, 0.6) is 0 Å². The van der Waals surface area contributed by atoms with Crippen LogP contribution in [0, 0.1) is 5.92 Å². The Balaban J connectivity index is 1.51. The van der Waals surface area contributed by atoms with Gasteiger partial charge in [0.2, 0.25) is 5.91 Å². The highest BCUT2D eigenvalue weighted by Crippen LogP contribution is 2.22. The van der Waals surface area contributed by atoms with Crippen LogP contribution in [0.15, 0.2) is 30.3 Å². The van der Waals surface area contributed by atoms with Crippen LogP contribution >= 0.6 is 0 Å². The van der Waals surface area contributed by atoms with Gasteiger partial charge in [0, 0.05) is 31.7 Å². The molecular weight excluding hydrogens is 322 g/mol. The fourth-order valence-electron chi connectivity index (χ4n) is 3.41. The molecule has 0 spiro atoms. The number of para-hydroxylation sites is 1. The van der Waals surface area contributed by atoms with Gasteiger partial charge in [-0.3, -0.25) is 9.59 Å². The largest absolute Gasteiger partial charge is 0.469 e. The fraction of sp³-hybridized carbons (Fsp3) is 0.500. The first-order chi connectivity index (χ1) is 12.1. The standard InChI is InChI=1S/C18H23N3O4/c1-25-17(23)13-7-9-20(10-8-13)18(24)19-14-11-16(22)21(12-14)15-5-3-2-4-6-15/h2-6,13-14H,7-12H2,1H3,(H,19,24). The lowest BCUT2D eigenvalue weighted by atomic mass is 9.97. The lowest BCUT2D eigenvalue weighted by Crippen LogP contribution is -2.49. The van der Waals surface area contributed by atoms with Gasteiger partial charge in [-0.25, -0.2) is 4.79 Å². The number of benzene rings is 1. The highest BCUT2D eigenvalue weighted by Gasteiger charge is 2.34. The number of piperidine rings is 1. The molecule has 25 heavy (non-hydrogen) atoms. The molecule has 7 nitrogen and oxygen atoms in total. The van der Waals surface area contributed by atoms with E-state index in [0.717, 1.165) is 5.69 Å². The summed E-state index contributed by atoms with van der Waals surface area (Å²) in [5, 5.41) is 2.95. The normalized spacial score (nSPS) is 21.3. The van der Waals surface area contributed by atoms with Crippen molar-refractivity contribution in [1.82, 2.24) is 10.2 Å². The number of hydrogen-bond acceptors (Lipinski definition) is 4. The highest BCUT2D eigenvalue weighted by molar-refractivity contribution is 5.96. The molecule has 0 saturated carbocycles. The summed E-state index contributed by atoms with van der Waals surface area (Å²) in [4.78, 5) is 39.6. The molecule has 2 aliphatic heterocycles. The second kappa shape index (κ2) is 7.55. The number of nitrogens with one attached hydrogen (secondary N) is 1. The second-order valence-corrected chi connectivity index (χ2v) is 6.47. The number of nitrogens with zero attached hydrogens (tertiary/aromatic N) is 2. The van der Waals surface area contributed by atoms with Crippen molar-refractivity contribution in [3.8, 4) is 0 Å². The Kier molecular flexibility index (Phi) is 5.21. The third kappa shape index (κ3) is 3.92. The van der Waals surface area contributed by atoms with Crippen molar-refractivity contribution in [1.29, 1.82) is 0 Å². The van der Waals surface area contributed by atoms with Crippen molar-refractivity contribution in [3.63, 3.8) is 0 Å². The van der Waals surface area contributed by atoms with Gasteiger partial charge in [-0.1, -0.05) is 18.2 Å². The zero-order valence-corrected chi connectivity index (χ0v) is 14.3. The van der Waals surface area contributed by atoms with Crippen molar-refractivity contribution in [2.45, 2.75) is 25.3 Å². The minimum atomic E-state index is -0.208. The quantitative estimate of drug-likeness (QED) is 0.840. The minimum absolute atomic E-state index is 0.0147. The molecule has 2 aliphatic rings. The molecule has 1 atom stereocenters. The number of rotatable bonds is 3. The molecule has 0 aromatic heterocycles. The van der Waals surface area contributed by atoms with Gasteiger partial charge >= 0.3 is 12.0 Å². The van der Waals surface area contributed by atoms with Crippen molar-refractivity contribution in [3.05, 3.63) is 30.3 Å². The zero-order valence-electron chi connectivity index (χ0n) is 14.3. The molecular formula is C18H23N3O4. The van der Waals surface area contributed by atoms with Gasteiger partial charge in [-0.15, -0.1) is 0 Å². The summed E-state index contributed by atoms with van der Waals surface area (Å²) in [7, 11) is 1.39. The monoisotopic (exact) mass is 345 g/mol. The Bertz CT molecular complexity index is 641. The van der Waals surface area contributed by atoms with E-state index in [4.69, 9.17) is 4.74 Å². The van der Waals surface area contributed by atoms with Crippen LogP contribution in [0.2, 0.25) is 0 Å². The van der Waals surface area contributed by atoms with E-state index in [1.807, 2.05) is 30.3 Å². The van der Waals surface area contributed by atoms with E-state index < -0.39 is 0 Å². The van der Waals surface area contributed by atoms with E-state index in [0.29, 0.717) is 38.9 Å². The molecule has 2 heterocycles. The van der Waals surface area contributed by atoms with E-state index in [1.54, 1.807) is 9.80 Å². The number of anilines is 1. The summed E-state index contributed by atoms with van der Waals surface area (Å²) < 4.78 is 4.76. The molecule has 7 heteroatoms. The van der Waals surface area contributed by atoms with Crippen LogP contribution in [0.25, 0.3) is 0 Å². The average molecular weight is 345 g/mol. The first-order valence-electron chi connectivity index (χ1n) is 8.57. The Hall–Kier alpha value is -2.57. The Morgan fingerprint density at radius 1 is 1.16 bits per heavy atom. The molecule has 1 aromatic rings. The van der Waals surface area contributed by atoms with Crippen LogP contribution in [0.1, 0.15) is 19.3 Å². The zero-order chi connectivity index (χ0) is 17.8. The molecule has 0 radical (unpaired) electrons. The number of methoxy groups -OCH3 is 1. The number of esters is 1. The molecule has 3 amide bonds. The minimum Gasteiger partial charge on any atom is -0.469 e. The summed E-state index contributed by atoms with van der Waals surface area (Å²) in [5.41, 5.74) is 0.850. The van der Waals surface area contributed by atoms with Crippen molar-refractivity contribution >= 4 is 23.6 Å². The van der Waals surface area contributed by atoms with Gasteiger partial charge in [0.05, 0.1) is 19.1 Å². The maximum absolute atomic E-state index is 12.4. The molecule has 134 valence electrons. The first kappa shape index (κ1) is 17.3. The van der Waals surface area contributed by atoms with Crippen molar-refractivity contribution < 1.29 is 19.1 Å². The molecule has 1 aromatic carbocycles. The van der Waals surface area contributed by atoms with Crippen LogP contribution in [-0.2, 0) is 14.3 Å². The van der Waals surface area contributed by atoms with E-state index in [1.165, 1.54) is 7.11 Å². The smallest absolute Gasteiger partial charge is 0.317 e. The maximum Gasteiger partial charge on any atom is 0.317 e. The second-order valence-electron chi connectivity index (χ2n) is 6.47. The van der Waals surface area contributed by atoms with E-state index >= 15 is 0 Å². The molecule has 1 unspecified atom stereocenters. The molecule has 3 rings (SSSR count). The lowest BCUT2D eigenvalue weighted by Gasteiger charge is -2.31. The van der Waals surface area contributed by atoms with E-state index in [9.17, 15) is 14.4 Å².